The number of anilines is 1. The van der Waals surface area contributed by atoms with Crippen LogP contribution in [0.4, 0.5) is 5.13 Å². The van der Waals surface area contributed by atoms with Crippen LogP contribution in [-0.4, -0.2) is 43.9 Å². The number of sulfonamides is 1. The number of hydrogen-bond acceptors (Lipinski definition) is 5. The van der Waals surface area contributed by atoms with Crippen molar-refractivity contribution >= 4 is 72.9 Å². The number of nitrogens with zero attached hydrogens (tertiary/aromatic N) is 3. The zero-order chi connectivity index (χ0) is 22.2. The molecule has 5 nitrogen and oxygen atoms in total. The lowest BCUT2D eigenvalue weighted by Crippen LogP contribution is -2.48. The van der Waals surface area contributed by atoms with Crippen LogP contribution < -0.4 is 4.90 Å². The Kier molecular flexibility index (Phi) is 7.03. The van der Waals surface area contributed by atoms with Crippen molar-refractivity contribution in [1.82, 2.24) is 9.29 Å². The maximum atomic E-state index is 13.0. The molecule has 1 aromatic heterocycles. The minimum atomic E-state index is -3.71. The van der Waals surface area contributed by atoms with Gasteiger partial charge in [0.1, 0.15) is 4.90 Å². The molecule has 11 heteroatoms. The lowest BCUT2D eigenvalue weighted by Gasteiger charge is -2.34. The summed E-state index contributed by atoms with van der Waals surface area (Å²) in [6.07, 6.45) is 0.648. The van der Waals surface area contributed by atoms with Gasteiger partial charge in [0.25, 0.3) is 0 Å². The molecular formula is C20H17Cl4N3O2S2. The molecule has 0 spiro atoms. The molecule has 31 heavy (non-hydrogen) atoms. The highest BCUT2D eigenvalue weighted by Gasteiger charge is 2.31. The van der Waals surface area contributed by atoms with Crippen LogP contribution in [-0.2, 0) is 16.4 Å². The SMILES string of the molecule is O=S(=O)(c1cccc(Cl)c1Cl)N1CCN(c2nc(Cc3ccc(Cl)c(Cl)c3)cs2)CC1. The van der Waals surface area contributed by atoms with Gasteiger partial charge >= 0.3 is 0 Å². The van der Waals surface area contributed by atoms with Crippen molar-refractivity contribution < 1.29 is 8.42 Å². The zero-order valence-electron chi connectivity index (χ0n) is 16.1. The first-order chi connectivity index (χ1) is 14.8. The van der Waals surface area contributed by atoms with Crippen molar-refractivity contribution in [3.05, 3.63) is 73.1 Å². The molecule has 0 bridgehead atoms. The third kappa shape index (κ3) is 4.98. The summed E-state index contributed by atoms with van der Waals surface area (Å²) in [7, 11) is -3.71. The van der Waals surface area contributed by atoms with E-state index in [0.29, 0.717) is 42.6 Å². The summed E-state index contributed by atoms with van der Waals surface area (Å²) in [6.45, 7) is 1.76. The number of piperazine rings is 1. The van der Waals surface area contributed by atoms with Crippen LogP contribution in [0.25, 0.3) is 0 Å². The van der Waals surface area contributed by atoms with E-state index in [2.05, 4.69) is 4.90 Å². The maximum Gasteiger partial charge on any atom is 0.244 e. The Labute approximate surface area is 205 Å². The summed E-state index contributed by atoms with van der Waals surface area (Å²) < 4.78 is 27.4. The molecular weight excluding hydrogens is 520 g/mol. The van der Waals surface area contributed by atoms with Gasteiger partial charge in [0.15, 0.2) is 5.13 Å². The van der Waals surface area contributed by atoms with E-state index in [4.69, 9.17) is 51.4 Å². The molecule has 164 valence electrons. The number of thiazole rings is 1. The van der Waals surface area contributed by atoms with Gasteiger partial charge in [-0.1, -0.05) is 58.5 Å². The Balaban J connectivity index is 1.42. The highest BCUT2D eigenvalue weighted by molar-refractivity contribution is 7.89. The zero-order valence-corrected chi connectivity index (χ0v) is 20.7. The Morgan fingerprint density at radius 1 is 0.935 bits per heavy atom. The summed E-state index contributed by atoms with van der Waals surface area (Å²) in [6, 6.07) is 10.2. The lowest BCUT2D eigenvalue weighted by molar-refractivity contribution is 0.384. The van der Waals surface area contributed by atoms with E-state index in [1.54, 1.807) is 29.5 Å². The third-order valence-corrected chi connectivity index (χ3v) is 9.51. The minimum Gasteiger partial charge on any atom is -0.345 e. The standard InChI is InChI=1S/C20H17Cl4N3O2S2/c21-15-5-4-13(11-17(15)23)10-14-12-30-20(25-14)26-6-8-27(9-7-26)31(28,29)18-3-1-2-16(22)19(18)24/h1-5,11-12H,6-10H2. The average molecular weight is 537 g/mol. The minimum absolute atomic E-state index is 0.0354. The predicted molar refractivity (Wildman–Crippen MR) is 129 cm³/mol. The van der Waals surface area contributed by atoms with E-state index in [9.17, 15) is 8.42 Å². The van der Waals surface area contributed by atoms with Gasteiger partial charge < -0.3 is 4.90 Å². The van der Waals surface area contributed by atoms with Crippen molar-refractivity contribution in [2.24, 2.45) is 0 Å². The van der Waals surface area contributed by atoms with Crippen molar-refractivity contribution in [2.45, 2.75) is 11.3 Å². The van der Waals surface area contributed by atoms with Crippen molar-refractivity contribution in [3.63, 3.8) is 0 Å². The monoisotopic (exact) mass is 535 g/mol. The summed E-state index contributed by atoms with van der Waals surface area (Å²) in [5, 5.41) is 4.19. The summed E-state index contributed by atoms with van der Waals surface area (Å²) in [5.74, 6) is 0. The molecule has 2 aromatic carbocycles. The molecule has 1 aliphatic rings. The molecule has 0 N–H and O–H groups in total. The second-order valence-electron chi connectivity index (χ2n) is 6.99. The highest BCUT2D eigenvalue weighted by atomic mass is 35.5. The van der Waals surface area contributed by atoms with Crippen LogP contribution in [0.15, 0.2) is 46.7 Å². The molecule has 3 aromatic rings. The molecule has 0 aliphatic carbocycles. The molecule has 0 atom stereocenters. The normalized spacial score (nSPS) is 15.4. The molecule has 1 fully saturated rings. The second kappa shape index (κ2) is 9.43. The topological polar surface area (TPSA) is 53.5 Å². The van der Waals surface area contributed by atoms with Gasteiger partial charge in [0.2, 0.25) is 10.0 Å². The third-order valence-electron chi connectivity index (χ3n) is 4.95. The van der Waals surface area contributed by atoms with Crippen LogP contribution in [0.3, 0.4) is 0 Å². The Bertz CT molecular complexity index is 1210. The van der Waals surface area contributed by atoms with Gasteiger partial charge in [-0.25, -0.2) is 13.4 Å². The van der Waals surface area contributed by atoms with Gasteiger partial charge in [0, 0.05) is 38.0 Å². The van der Waals surface area contributed by atoms with Crippen LogP contribution in [0, 0.1) is 0 Å². The first-order valence-electron chi connectivity index (χ1n) is 9.33. The maximum absolute atomic E-state index is 13.0. The van der Waals surface area contributed by atoms with Crippen molar-refractivity contribution in [2.75, 3.05) is 31.1 Å². The van der Waals surface area contributed by atoms with Crippen LogP contribution in [0.1, 0.15) is 11.3 Å². The van der Waals surface area contributed by atoms with Crippen molar-refractivity contribution in [1.29, 1.82) is 0 Å². The number of benzene rings is 2. The molecule has 0 saturated carbocycles. The molecule has 4 rings (SSSR count). The molecule has 0 unspecified atom stereocenters. The van der Waals surface area contributed by atoms with Gasteiger partial charge in [-0.05, 0) is 29.8 Å². The Hall–Kier alpha value is -1.06. The highest BCUT2D eigenvalue weighted by Crippen LogP contribution is 2.32. The quantitative estimate of drug-likeness (QED) is 0.410. The number of halogens is 4. The molecule has 2 heterocycles. The Morgan fingerprint density at radius 2 is 1.68 bits per heavy atom. The molecule has 0 radical (unpaired) electrons. The molecule has 1 saturated heterocycles. The van der Waals surface area contributed by atoms with E-state index in [0.717, 1.165) is 16.4 Å². The predicted octanol–water partition coefficient (Wildman–Crippen LogP) is 5.86. The second-order valence-corrected chi connectivity index (χ2v) is 11.3. The van der Waals surface area contributed by atoms with Crippen LogP contribution >= 0.6 is 57.7 Å². The van der Waals surface area contributed by atoms with Crippen molar-refractivity contribution in [3.8, 4) is 0 Å². The fourth-order valence-electron chi connectivity index (χ4n) is 3.32. The van der Waals surface area contributed by atoms with Gasteiger partial charge in [0.05, 0.1) is 25.8 Å². The number of rotatable bonds is 5. The van der Waals surface area contributed by atoms with Gasteiger partial charge in [-0.3, -0.25) is 0 Å². The number of hydrogen-bond donors (Lipinski definition) is 0. The first-order valence-corrected chi connectivity index (χ1v) is 13.2. The van der Waals surface area contributed by atoms with E-state index in [-0.39, 0.29) is 14.9 Å². The van der Waals surface area contributed by atoms with E-state index in [1.807, 2.05) is 17.5 Å². The fourth-order valence-corrected chi connectivity index (χ4v) is 6.68. The summed E-state index contributed by atoms with van der Waals surface area (Å²) >= 11 is 25.7. The van der Waals surface area contributed by atoms with Crippen LogP contribution in [0.2, 0.25) is 20.1 Å². The van der Waals surface area contributed by atoms with E-state index < -0.39 is 10.0 Å². The summed E-state index contributed by atoms with van der Waals surface area (Å²) in [5.41, 5.74) is 1.96. The fraction of sp³-hybridized carbons (Fsp3) is 0.250. The largest absolute Gasteiger partial charge is 0.345 e. The molecule has 0 amide bonds. The summed E-state index contributed by atoms with van der Waals surface area (Å²) in [4.78, 5) is 6.84. The lowest BCUT2D eigenvalue weighted by atomic mass is 10.1. The van der Waals surface area contributed by atoms with Crippen LogP contribution in [0.5, 0.6) is 0 Å². The first kappa shape index (κ1) is 23.1. The smallest absolute Gasteiger partial charge is 0.244 e. The molecule has 1 aliphatic heterocycles. The van der Waals surface area contributed by atoms with E-state index >= 15 is 0 Å². The van der Waals surface area contributed by atoms with Gasteiger partial charge in [-0.2, -0.15) is 4.31 Å². The van der Waals surface area contributed by atoms with E-state index in [1.165, 1.54) is 10.4 Å². The number of aromatic nitrogens is 1. The average Bonchev–Trinajstić information content (AvgIpc) is 3.21. The van der Waals surface area contributed by atoms with Gasteiger partial charge in [-0.15, -0.1) is 11.3 Å². The Morgan fingerprint density at radius 3 is 2.39 bits per heavy atom.